The van der Waals surface area contributed by atoms with E-state index in [0.717, 1.165) is 11.3 Å². The molecule has 158 valence electrons. The first-order valence-electron chi connectivity index (χ1n) is 9.01. The van der Waals surface area contributed by atoms with E-state index in [0.29, 0.717) is 27.6 Å². The summed E-state index contributed by atoms with van der Waals surface area (Å²) in [5.41, 5.74) is 2.20. The fourth-order valence-corrected chi connectivity index (χ4v) is 4.25. The van der Waals surface area contributed by atoms with Crippen LogP contribution in [-0.2, 0) is 9.59 Å². The first kappa shape index (κ1) is 20.8. The van der Waals surface area contributed by atoms with Gasteiger partial charge >= 0.3 is 5.91 Å². The molecule has 0 bridgehead atoms. The highest BCUT2D eigenvalue weighted by atomic mass is 35.5. The van der Waals surface area contributed by atoms with Crippen LogP contribution < -0.4 is 14.4 Å². The van der Waals surface area contributed by atoms with Crippen LogP contribution in [0.25, 0.3) is 5.76 Å². The highest BCUT2D eigenvalue weighted by molar-refractivity contribution is 7.13. The third-order valence-corrected chi connectivity index (χ3v) is 5.82. The number of carbonyl (C=O) groups excluding carboxylic acids is 2. The van der Waals surface area contributed by atoms with Crippen molar-refractivity contribution in [2.45, 2.75) is 6.04 Å². The van der Waals surface area contributed by atoms with E-state index in [2.05, 4.69) is 10.2 Å². The Labute approximate surface area is 186 Å². The van der Waals surface area contributed by atoms with Crippen LogP contribution in [0, 0.1) is 0 Å². The number of aromatic nitrogens is 2. The van der Waals surface area contributed by atoms with Gasteiger partial charge in [0.1, 0.15) is 22.8 Å². The lowest BCUT2D eigenvalue weighted by atomic mass is 9.95. The molecule has 0 saturated carbocycles. The second kappa shape index (κ2) is 8.37. The second-order valence-corrected chi connectivity index (χ2v) is 7.74. The largest absolute Gasteiger partial charge is 0.507 e. The van der Waals surface area contributed by atoms with Crippen LogP contribution in [0.4, 0.5) is 5.13 Å². The molecule has 4 rings (SSSR count). The molecule has 8 nitrogen and oxygen atoms in total. The molecular formula is C21H16ClN3O5S. The Kier molecular flexibility index (Phi) is 5.62. The molecule has 1 fully saturated rings. The predicted octanol–water partition coefficient (Wildman–Crippen LogP) is 3.84. The van der Waals surface area contributed by atoms with Crippen LogP contribution in [0.5, 0.6) is 11.5 Å². The third-order valence-electron chi connectivity index (χ3n) is 4.83. The molecule has 0 spiro atoms. The van der Waals surface area contributed by atoms with E-state index in [1.54, 1.807) is 42.5 Å². The SMILES string of the molecule is COc1cccc(/C(O)=C2\C(=O)C(=O)N(c3nncs3)C2c2ccc(OC)c(Cl)c2)c1. The Hall–Kier alpha value is -3.43. The lowest BCUT2D eigenvalue weighted by Gasteiger charge is -2.23. The lowest BCUT2D eigenvalue weighted by molar-refractivity contribution is -0.132. The van der Waals surface area contributed by atoms with Gasteiger partial charge in [0, 0.05) is 5.56 Å². The monoisotopic (exact) mass is 457 g/mol. The number of aliphatic hydroxyl groups is 1. The summed E-state index contributed by atoms with van der Waals surface area (Å²) in [5.74, 6) is -1.07. The van der Waals surface area contributed by atoms with Gasteiger partial charge in [0.25, 0.3) is 5.78 Å². The van der Waals surface area contributed by atoms with Crippen molar-refractivity contribution in [3.05, 3.63) is 69.7 Å². The minimum Gasteiger partial charge on any atom is -0.507 e. The van der Waals surface area contributed by atoms with Crippen molar-refractivity contribution in [2.75, 3.05) is 19.1 Å². The molecule has 1 atom stereocenters. The van der Waals surface area contributed by atoms with Gasteiger partial charge in [-0.25, -0.2) is 0 Å². The highest BCUT2D eigenvalue weighted by Crippen LogP contribution is 2.44. The molecule has 1 aromatic heterocycles. The molecule has 2 heterocycles. The van der Waals surface area contributed by atoms with Gasteiger partial charge in [-0.2, -0.15) is 0 Å². The molecule has 1 amide bonds. The van der Waals surface area contributed by atoms with Gasteiger partial charge in [0.05, 0.1) is 30.9 Å². The molecule has 10 heteroatoms. The van der Waals surface area contributed by atoms with Gasteiger partial charge in [-0.3, -0.25) is 14.5 Å². The van der Waals surface area contributed by atoms with Crippen molar-refractivity contribution in [1.82, 2.24) is 10.2 Å². The maximum atomic E-state index is 13.0. The van der Waals surface area contributed by atoms with Crippen LogP contribution in [0.15, 0.2) is 53.5 Å². The number of halogens is 1. The van der Waals surface area contributed by atoms with Gasteiger partial charge in [0.2, 0.25) is 5.13 Å². The van der Waals surface area contributed by atoms with Crippen molar-refractivity contribution in [2.24, 2.45) is 0 Å². The van der Waals surface area contributed by atoms with E-state index < -0.39 is 17.7 Å². The van der Waals surface area contributed by atoms with Crippen LogP contribution >= 0.6 is 22.9 Å². The zero-order chi connectivity index (χ0) is 22.1. The Morgan fingerprint density at radius 1 is 1.16 bits per heavy atom. The number of Topliss-reactive ketones (excluding diaryl/α,β-unsaturated/α-hetero) is 1. The number of hydrogen-bond donors (Lipinski definition) is 1. The summed E-state index contributed by atoms with van der Waals surface area (Å²) in [7, 11) is 2.98. The standard InChI is InChI=1S/C21H16ClN3O5S/c1-29-13-5-3-4-12(8-13)18(26)16-17(11-6-7-15(30-2)14(22)9-11)25(20(28)19(16)27)21-24-23-10-31-21/h3-10,17,26H,1-2H3/b18-16+. The van der Waals surface area contributed by atoms with Crippen LogP contribution in [0.3, 0.4) is 0 Å². The number of nitrogens with zero attached hydrogens (tertiary/aromatic N) is 3. The summed E-state index contributed by atoms with van der Waals surface area (Å²) in [6.07, 6.45) is 0. The van der Waals surface area contributed by atoms with E-state index in [9.17, 15) is 14.7 Å². The number of ether oxygens (including phenoxy) is 2. The first-order valence-corrected chi connectivity index (χ1v) is 10.3. The first-order chi connectivity index (χ1) is 15.0. The number of ketones is 1. The van der Waals surface area contributed by atoms with Gasteiger partial charge in [-0.15, -0.1) is 10.2 Å². The molecule has 0 radical (unpaired) electrons. The molecule has 3 aromatic rings. The number of anilines is 1. The van der Waals surface area contributed by atoms with Crippen molar-refractivity contribution in [3.63, 3.8) is 0 Å². The molecular weight excluding hydrogens is 442 g/mol. The number of benzene rings is 2. The number of aliphatic hydroxyl groups excluding tert-OH is 1. The summed E-state index contributed by atoms with van der Waals surface area (Å²) in [4.78, 5) is 27.2. The molecule has 2 aromatic carbocycles. The van der Waals surface area contributed by atoms with E-state index >= 15 is 0 Å². The van der Waals surface area contributed by atoms with Gasteiger partial charge in [0.15, 0.2) is 0 Å². The summed E-state index contributed by atoms with van der Waals surface area (Å²) in [6, 6.07) is 10.5. The highest BCUT2D eigenvalue weighted by Gasteiger charge is 2.48. The Morgan fingerprint density at radius 3 is 2.61 bits per heavy atom. The second-order valence-electron chi connectivity index (χ2n) is 6.52. The van der Waals surface area contributed by atoms with Crippen molar-refractivity contribution in [1.29, 1.82) is 0 Å². The van der Waals surface area contributed by atoms with Crippen LogP contribution in [0.1, 0.15) is 17.2 Å². The number of rotatable bonds is 5. The maximum absolute atomic E-state index is 13.0. The normalized spacial score (nSPS) is 17.8. The van der Waals surface area contributed by atoms with E-state index in [1.165, 1.54) is 24.6 Å². The molecule has 1 aliphatic rings. The number of amides is 1. The average Bonchev–Trinajstić information content (AvgIpc) is 3.40. The number of methoxy groups -OCH3 is 2. The molecule has 0 aliphatic carbocycles. The molecule has 31 heavy (non-hydrogen) atoms. The lowest BCUT2D eigenvalue weighted by Crippen LogP contribution is -2.29. The summed E-state index contributed by atoms with van der Waals surface area (Å²) < 4.78 is 10.4. The van der Waals surface area contributed by atoms with Gasteiger partial charge in [-0.05, 0) is 29.8 Å². The fourth-order valence-electron chi connectivity index (χ4n) is 3.40. The molecule has 1 saturated heterocycles. The summed E-state index contributed by atoms with van der Waals surface area (Å²) in [6.45, 7) is 0. The molecule has 1 unspecified atom stereocenters. The zero-order valence-electron chi connectivity index (χ0n) is 16.4. The average molecular weight is 458 g/mol. The Balaban J connectivity index is 1.94. The van der Waals surface area contributed by atoms with E-state index in [1.807, 2.05) is 0 Å². The van der Waals surface area contributed by atoms with Crippen LogP contribution in [0.2, 0.25) is 5.02 Å². The topological polar surface area (TPSA) is 102 Å². The molecule has 1 aliphatic heterocycles. The minimum atomic E-state index is -0.956. The van der Waals surface area contributed by atoms with Gasteiger partial charge in [-0.1, -0.05) is 41.1 Å². The van der Waals surface area contributed by atoms with E-state index in [4.69, 9.17) is 21.1 Å². The fraction of sp³-hybridized carbons (Fsp3) is 0.143. The predicted molar refractivity (Wildman–Crippen MR) is 116 cm³/mol. The maximum Gasteiger partial charge on any atom is 0.301 e. The van der Waals surface area contributed by atoms with Crippen molar-refractivity contribution >= 4 is 45.5 Å². The summed E-state index contributed by atoms with van der Waals surface area (Å²) in [5, 5.41) is 19.3. The zero-order valence-corrected chi connectivity index (χ0v) is 18.0. The Morgan fingerprint density at radius 2 is 1.97 bits per heavy atom. The van der Waals surface area contributed by atoms with Crippen molar-refractivity contribution < 1.29 is 24.2 Å². The quantitative estimate of drug-likeness (QED) is 0.353. The molecule has 1 N–H and O–H groups in total. The number of carbonyl (C=O) groups is 2. The van der Waals surface area contributed by atoms with E-state index in [-0.39, 0.29) is 16.5 Å². The minimum absolute atomic E-state index is 0.0883. The smallest absolute Gasteiger partial charge is 0.301 e. The Bertz CT molecular complexity index is 1200. The summed E-state index contributed by atoms with van der Waals surface area (Å²) >= 11 is 7.40. The van der Waals surface area contributed by atoms with Crippen molar-refractivity contribution in [3.8, 4) is 11.5 Å². The number of hydrogen-bond acceptors (Lipinski definition) is 8. The van der Waals surface area contributed by atoms with Crippen LogP contribution in [-0.4, -0.2) is 41.2 Å². The van der Waals surface area contributed by atoms with Gasteiger partial charge < -0.3 is 14.6 Å². The third kappa shape index (κ3) is 3.62.